The van der Waals surface area contributed by atoms with E-state index < -0.39 is 66.0 Å². The van der Waals surface area contributed by atoms with E-state index in [0.29, 0.717) is 24.5 Å². The number of rotatable bonds is 25. The van der Waals surface area contributed by atoms with Crippen LogP contribution in [0.3, 0.4) is 0 Å². The Kier molecular flexibility index (Phi) is 19.3. The Hall–Kier alpha value is -5.06. The Bertz CT molecular complexity index is 1720. The second-order valence-corrected chi connectivity index (χ2v) is 14.5. The molecule has 6 atom stereocenters. The number of aliphatic hydroxyl groups excluding tert-OH is 1. The highest BCUT2D eigenvalue weighted by Gasteiger charge is 2.51. The van der Waals surface area contributed by atoms with E-state index in [1.807, 2.05) is 78.9 Å². The molecule has 15 nitrogen and oxygen atoms in total. The van der Waals surface area contributed by atoms with Gasteiger partial charge in [0.15, 0.2) is 12.4 Å². The minimum Gasteiger partial charge on any atom is -0.497 e. The number of benzene rings is 3. The molecule has 0 saturated carbocycles. The maximum Gasteiger partial charge on any atom is 0.303 e. The summed E-state index contributed by atoms with van der Waals surface area (Å²) in [5, 5.41) is 11.1. The highest BCUT2D eigenvalue weighted by molar-refractivity contribution is 5.74. The number of aliphatic hydroxyl groups is 1. The fraction of sp³-hybridized carbons (Fsp3) is 0.511. The van der Waals surface area contributed by atoms with Crippen molar-refractivity contribution in [3.05, 3.63) is 95.6 Å². The Balaban J connectivity index is 1.27. The molecule has 3 aromatic rings. The number of hydrogen-bond donors (Lipinski definition) is 2. The van der Waals surface area contributed by atoms with Gasteiger partial charge in [-0.3, -0.25) is 19.2 Å². The summed E-state index contributed by atoms with van der Waals surface area (Å²) in [6.07, 6.45) is -1.63. The number of hydrogen-bond acceptors (Lipinski definition) is 14. The van der Waals surface area contributed by atoms with Crippen LogP contribution in [0.4, 0.5) is 0 Å². The fourth-order valence-electron chi connectivity index (χ4n) is 7.18. The Morgan fingerprint density at radius 2 is 1.23 bits per heavy atom. The molecule has 4 rings (SSSR count). The van der Waals surface area contributed by atoms with Gasteiger partial charge in [0.2, 0.25) is 5.91 Å². The van der Waals surface area contributed by atoms with Crippen LogP contribution in [0.5, 0.6) is 11.5 Å². The average Bonchev–Trinajstić information content (AvgIpc) is 3.23. The molecular formula is C45H59NO14. The summed E-state index contributed by atoms with van der Waals surface area (Å²) in [6, 6.07) is 25.2. The van der Waals surface area contributed by atoms with Gasteiger partial charge in [-0.05, 0) is 53.8 Å². The fourth-order valence-corrected chi connectivity index (χ4v) is 7.18. The van der Waals surface area contributed by atoms with Gasteiger partial charge in [-0.1, -0.05) is 73.9 Å². The summed E-state index contributed by atoms with van der Waals surface area (Å²) in [4.78, 5) is 47.7. The Morgan fingerprint density at radius 3 is 1.77 bits per heavy atom. The van der Waals surface area contributed by atoms with Gasteiger partial charge in [0.25, 0.3) is 0 Å². The van der Waals surface area contributed by atoms with E-state index in [0.717, 1.165) is 42.4 Å². The number of ether oxygens (including phenoxy) is 9. The van der Waals surface area contributed by atoms with Gasteiger partial charge in [-0.2, -0.15) is 0 Å². The summed E-state index contributed by atoms with van der Waals surface area (Å²) in [5.74, 6) is -2.11. The molecule has 15 heteroatoms. The predicted octanol–water partition coefficient (Wildman–Crippen LogP) is 5.00. The maximum atomic E-state index is 12.1. The molecule has 3 N–H and O–H groups in total. The van der Waals surface area contributed by atoms with Crippen LogP contribution in [-0.4, -0.2) is 107 Å². The summed E-state index contributed by atoms with van der Waals surface area (Å²) in [7, 11) is 3.24. The van der Waals surface area contributed by atoms with E-state index in [-0.39, 0.29) is 32.8 Å². The summed E-state index contributed by atoms with van der Waals surface area (Å²) >= 11 is 0. The first kappa shape index (κ1) is 47.6. The highest BCUT2D eigenvalue weighted by Crippen LogP contribution is 2.42. The van der Waals surface area contributed by atoms with Gasteiger partial charge in [0.05, 0.1) is 33.4 Å². The number of unbranched alkanes of at least 4 members (excludes halogenated alkanes) is 4. The number of amides is 1. The topological polar surface area (TPSA) is 198 Å². The molecule has 0 aliphatic carbocycles. The number of carbonyl (C=O) groups is 4. The summed E-state index contributed by atoms with van der Waals surface area (Å²) in [6.45, 7) is 4.05. The molecule has 1 aliphatic rings. The largest absolute Gasteiger partial charge is 0.497 e. The van der Waals surface area contributed by atoms with Crippen molar-refractivity contribution in [2.24, 2.45) is 11.7 Å². The van der Waals surface area contributed by atoms with Crippen LogP contribution in [0, 0.1) is 5.92 Å². The van der Waals surface area contributed by atoms with Gasteiger partial charge >= 0.3 is 17.9 Å². The molecule has 0 bridgehead atoms. The Morgan fingerprint density at radius 1 is 0.700 bits per heavy atom. The van der Waals surface area contributed by atoms with Crippen molar-refractivity contribution in [1.29, 1.82) is 0 Å². The van der Waals surface area contributed by atoms with Crippen molar-refractivity contribution in [3.63, 3.8) is 0 Å². The summed E-state index contributed by atoms with van der Waals surface area (Å²) < 4.78 is 51.6. The van der Waals surface area contributed by atoms with Crippen molar-refractivity contribution in [1.82, 2.24) is 0 Å². The molecule has 0 aromatic heterocycles. The van der Waals surface area contributed by atoms with Crippen LogP contribution in [0.25, 0.3) is 0 Å². The van der Waals surface area contributed by atoms with Gasteiger partial charge in [0.1, 0.15) is 42.0 Å². The van der Waals surface area contributed by atoms with E-state index in [1.165, 1.54) is 20.8 Å². The normalized spacial score (nSPS) is 19.5. The first-order chi connectivity index (χ1) is 28.9. The molecule has 0 spiro atoms. The van der Waals surface area contributed by atoms with Crippen LogP contribution in [0.1, 0.15) is 76.0 Å². The molecule has 0 radical (unpaired) electrons. The standard InChI is InChI=1S/C45H59NO14/c1-30(47)56-29-40-43(59-32(3)49)42(58-31(2)48)39(26-41(46)51)44(60-40)55-25-13-8-6-7-12-24-54-27-36(50)28-57-45(33-14-10-9-11-15-33,34-16-20-37(52-4)21-17-34)35-18-22-38(53-5)23-19-35/h9-11,14-23,36,39-40,42-44,50H,6-8,12-13,24-29H2,1-5H3,(H2,46,51)/t36-,39+,40+,42+,43-,44+/m0/s1. The van der Waals surface area contributed by atoms with Gasteiger partial charge < -0.3 is 53.5 Å². The second-order valence-electron chi connectivity index (χ2n) is 14.5. The molecule has 3 aromatic carbocycles. The minimum absolute atomic E-state index is 0.00547. The van der Waals surface area contributed by atoms with Crippen LogP contribution in [-0.2, 0) is 57.9 Å². The van der Waals surface area contributed by atoms with E-state index >= 15 is 0 Å². The van der Waals surface area contributed by atoms with Gasteiger partial charge in [0, 0.05) is 40.4 Å². The third-order valence-corrected chi connectivity index (χ3v) is 9.95. The third-order valence-electron chi connectivity index (χ3n) is 9.95. The first-order valence-corrected chi connectivity index (χ1v) is 20.1. The van der Waals surface area contributed by atoms with Crippen molar-refractivity contribution >= 4 is 23.8 Å². The number of carbonyl (C=O) groups excluding carboxylic acids is 4. The third kappa shape index (κ3) is 14.0. The number of methoxy groups -OCH3 is 2. The Labute approximate surface area is 351 Å². The van der Waals surface area contributed by atoms with E-state index in [1.54, 1.807) is 14.2 Å². The van der Waals surface area contributed by atoms with Crippen molar-refractivity contribution in [2.75, 3.05) is 47.3 Å². The number of nitrogens with two attached hydrogens (primary N) is 1. The lowest BCUT2D eigenvalue weighted by Gasteiger charge is -2.44. The molecule has 1 heterocycles. The average molecular weight is 838 g/mol. The first-order valence-electron chi connectivity index (χ1n) is 20.1. The highest BCUT2D eigenvalue weighted by atomic mass is 16.7. The molecule has 1 fully saturated rings. The lowest BCUT2D eigenvalue weighted by atomic mass is 9.80. The lowest BCUT2D eigenvalue weighted by Crippen LogP contribution is -2.59. The molecule has 1 aliphatic heterocycles. The SMILES string of the molecule is COc1ccc(C(OC[C@@H](O)COCCCCCCCO[C@@H]2O[C@H](COC(C)=O)[C@H](OC(C)=O)[C@H](OC(C)=O)[C@H]2CC(N)=O)(c2ccccc2)c2ccc(OC)cc2)cc1. The zero-order valence-corrected chi connectivity index (χ0v) is 35.1. The number of esters is 3. The molecule has 60 heavy (non-hydrogen) atoms. The zero-order valence-electron chi connectivity index (χ0n) is 35.1. The lowest BCUT2D eigenvalue weighted by molar-refractivity contribution is -0.291. The summed E-state index contributed by atoms with van der Waals surface area (Å²) in [5.41, 5.74) is 7.08. The van der Waals surface area contributed by atoms with Gasteiger partial charge in [-0.15, -0.1) is 0 Å². The van der Waals surface area contributed by atoms with Crippen LogP contribution in [0.15, 0.2) is 78.9 Å². The van der Waals surface area contributed by atoms with Crippen LogP contribution in [0.2, 0.25) is 0 Å². The molecule has 1 amide bonds. The second kappa shape index (κ2) is 24.3. The monoisotopic (exact) mass is 837 g/mol. The van der Waals surface area contributed by atoms with E-state index in [2.05, 4.69) is 0 Å². The smallest absolute Gasteiger partial charge is 0.303 e. The predicted molar refractivity (Wildman–Crippen MR) is 218 cm³/mol. The molecular weight excluding hydrogens is 778 g/mol. The van der Waals surface area contributed by atoms with Crippen molar-refractivity contribution in [3.8, 4) is 11.5 Å². The molecule has 1 saturated heterocycles. The van der Waals surface area contributed by atoms with Crippen molar-refractivity contribution in [2.45, 2.75) is 95.6 Å². The van der Waals surface area contributed by atoms with E-state index in [4.69, 9.17) is 48.4 Å². The number of primary amides is 1. The van der Waals surface area contributed by atoms with Crippen molar-refractivity contribution < 1.29 is 66.9 Å². The quantitative estimate of drug-likeness (QED) is 0.0501. The maximum absolute atomic E-state index is 12.1. The van der Waals surface area contributed by atoms with Gasteiger partial charge in [-0.25, -0.2) is 0 Å². The van der Waals surface area contributed by atoms with Crippen LogP contribution >= 0.6 is 0 Å². The van der Waals surface area contributed by atoms with Crippen LogP contribution < -0.4 is 15.2 Å². The zero-order chi connectivity index (χ0) is 43.5. The minimum atomic E-state index is -1.17. The van der Waals surface area contributed by atoms with E-state index in [9.17, 15) is 24.3 Å². The molecule has 328 valence electrons. The molecule has 0 unspecified atom stereocenters.